The summed E-state index contributed by atoms with van der Waals surface area (Å²) in [6.07, 6.45) is 3.00. The Hall–Kier alpha value is -3.88. The van der Waals surface area contributed by atoms with Gasteiger partial charge in [0, 0.05) is 17.8 Å². The highest BCUT2D eigenvalue weighted by Crippen LogP contribution is 2.32. The van der Waals surface area contributed by atoms with Gasteiger partial charge < -0.3 is 19.9 Å². The molecule has 9 heteroatoms. The van der Waals surface area contributed by atoms with E-state index in [0.717, 1.165) is 5.56 Å². The van der Waals surface area contributed by atoms with Crippen LogP contribution in [0.4, 0.5) is 11.8 Å². The number of nitrogens with zero attached hydrogens (tertiary/aromatic N) is 5. The lowest BCUT2D eigenvalue weighted by Gasteiger charge is -2.12. The van der Waals surface area contributed by atoms with E-state index in [2.05, 4.69) is 25.4 Å². The molecule has 0 unspecified atom stereocenters. The molecule has 0 spiro atoms. The Labute approximate surface area is 154 Å². The van der Waals surface area contributed by atoms with Crippen LogP contribution in [0.25, 0.3) is 16.9 Å². The van der Waals surface area contributed by atoms with Crippen molar-refractivity contribution in [2.75, 3.05) is 19.5 Å². The second-order valence-corrected chi connectivity index (χ2v) is 5.56. The third-order valence-electron chi connectivity index (χ3n) is 3.96. The van der Waals surface area contributed by atoms with E-state index in [0.29, 0.717) is 28.8 Å². The summed E-state index contributed by atoms with van der Waals surface area (Å²) in [5, 5.41) is 17.1. The zero-order valence-electron chi connectivity index (χ0n) is 14.6. The molecule has 9 nitrogen and oxygen atoms in total. The predicted octanol–water partition coefficient (Wildman–Crippen LogP) is 2.65. The van der Waals surface area contributed by atoms with Crippen LogP contribution in [0.2, 0.25) is 0 Å². The Bertz CT molecular complexity index is 1110. The van der Waals surface area contributed by atoms with Crippen LogP contribution in [0.5, 0.6) is 17.2 Å². The van der Waals surface area contributed by atoms with Crippen LogP contribution in [0.1, 0.15) is 0 Å². The molecular weight excluding hydrogens is 348 g/mol. The lowest BCUT2D eigenvalue weighted by atomic mass is 10.1. The van der Waals surface area contributed by atoms with Crippen LogP contribution in [0.15, 0.2) is 48.9 Å². The van der Waals surface area contributed by atoms with Gasteiger partial charge in [0.1, 0.15) is 6.33 Å². The zero-order valence-corrected chi connectivity index (χ0v) is 14.6. The summed E-state index contributed by atoms with van der Waals surface area (Å²) >= 11 is 0. The van der Waals surface area contributed by atoms with E-state index in [-0.39, 0.29) is 11.6 Å². The number of pyridine rings is 1. The van der Waals surface area contributed by atoms with E-state index in [1.54, 1.807) is 32.5 Å². The van der Waals surface area contributed by atoms with E-state index in [1.807, 2.05) is 18.2 Å². The Balaban J connectivity index is 1.82. The molecule has 0 atom stereocenters. The van der Waals surface area contributed by atoms with Gasteiger partial charge in [0.05, 0.1) is 19.9 Å². The Morgan fingerprint density at radius 3 is 2.67 bits per heavy atom. The average molecular weight is 364 g/mol. The van der Waals surface area contributed by atoms with Crippen LogP contribution >= 0.6 is 0 Å². The lowest BCUT2D eigenvalue weighted by Crippen LogP contribution is -2.05. The van der Waals surface area contributed by atoms with Crippen LogP contribution in [-0.4, -0.2) is 43.9 Å². The maximum absolute atomic E-state index is 9.98. The zero-order chi connectivity index (χ0) is 18.8. The molecule has 2 N–H and O–H groups in total. The van der Waals surface area contributed by atoms with E-state index in [9.17, 15) is 5.11 Å². The van der Waals surface area contributed by atoms with Crippen molar-refractivity contribution in [3.05, 3.63) is 48.9 Å². The smallest absolute Gasteiger partial charge is 0.232 e. The van der Waals surface area contributed by atoms with E-state index in [1.165, 1.54) is 16.9 Å². The Morgan fingerprint density at radius 2 is 1.89 bits per heavy atom. The molecule has 0 amide bonds. The second-order valence-electron chi connectivity index (χ2n) is 5.56. The van der Waals surface area contributed by atoms with E-state index in [4.69, 9.17) is 9.47 Å². The number of rotatable bonds is 5. The Kier molecular flexibility index (Phi) is 4.17. The number of aromatic hydroxyl groups is 1. The Morgan fingerprint density at radius 1 is 1.04 bits per heavy atom. The van der Waals surface area contributed by atoms with E-state index >= 15 is 0 Å². The molecule has 3 aromatic heterocycles. The highest BCUT2D eigenvalue weighted by molar-refractivity contribution is 5.70. The first-order valence-corrected chi connectivity index (χ1v) is 8.04. The van der Waals surface area contributed by atoms with Gasteiger partial charge in [-0.3, -0.25) is 0 Å². The van der Waals surface area contributed by atoms with Crippen molar-refractivity contribution in [1.82, 2.24) is 24.6 Å². The van der Waals surface area contributed by atoms with Gasteiger partial charge in [-0.25, -0.2) is 15.0 Å². The van der Waals surface area contributed by atoms with Crippen molar-refractivity contribution in [1.29, 1.82) is 0 Å². The summed E-state index contributed by atoms with van der Waals surface area (Å²) in [5.41, 5.74) is 2.05. The summed E-state index contributed by atoms with van der Waals surface area (Å²) in [4.78, 5) is 13.0. The summed E-state index contributed by atoms with van der Waals surface area (Å²) in [5.74, 6) is 1.86. The fourth-order valence-corrected chi connectivity index (χ4v) is 2.65. The number of hydrogen-bond acceptors (Lipinski definition) is 8. The van der Waals surface area contributed by atoms with Gasteiger partial charge in [-0.2, -0.15) is 9.61 Å². The minimum absolute atomic E-state index is 0.00378. The average Bonchev–Trinajstić information content (AvgIpc) is 3.18. The van der Waals surface area contributed by atoms with Gasteiger partial charge in [0.15, 0.2) is 28.7 Å². The number of nitrogens with one attached hydrogen (secondary N) is 1. The molecule has 0 aliphatic heterocycles. The van der Waals surface area contributed by atoms with Gasteiger partial charge >= 0.3 is 0 Å². The number of fused-ring (bicyclic) bond motifs is 1. The quantitative estimate of drug-likeness (QED) is 0.557. The number of benzene rings is 1. The fraction of sp³-hybridized carbons (Fsp3) is 0.111. The molecule has 0 saturated heterocycles. The number of ether oxygens (including phenoxy) is 2. The van der Waals surface area contributed by atoms with Gasteiger partial charge in [-0.15, -0.1) is 0 Å². The van der Waals surface area contributed by atoms with Gasteiger partial charge in [0.2, 0.25) is 5.95 Å². The molecular formula is C18H16N6O3. The maximum Gasteiger partial charge on any atom is 0.232 e. The minimum Gasteiger partial charge on any atom is -0.504 e. The highest BCUT2D eigenvalue weighted by Gasteiger charge is 2.13. The van der Waals surface area contributed by atoms with Crippen molar-refractivity contribution >= 4 is 17.4 Å². The lowest BCUT2D eigenvalue weighted by molar-refractivity contribution is 0.355. The van der Waals surface area contributed by atoms with Crippen molar-refractivity contribution in [3.63, 3.8) is 0 Å². The van der Waals surface area contributed by atoms with Crippen LogP contribution in [0.3, 0.4) is 0 Å². The normalized spacial score (nSPS) is 10.7. The highest BCUT2D eigenvalue weighted by atomic mass is 16.5. The molecule has 0 bridgehead atoms. The predicted molar refractivity (Wildman–Crippen MR) is 98.5 cm³/mol. The summed E-state index contributed by atoms with van der Waals surface area (Å²) in [6, 6.07) is 10.5. The molecule has 1 aromatic carbocycles. The van der Waals surface area contributed by atoms with E-state index < -0.39 is 0 Å². The fourth-order valence-electron chi connectivity index (χ4n) is 2.65. The van der Waals surface area contributed by atoms with Gasteiger partial charge in [-0.05, 0) is 30.3 Å². The largest absolute Gasteiger partial charge is 0.504 e. The molecule has 0 aliphatic carbocycles. The van der Waals surface area contributed by atoms with Gasteiger partial charge in [0.25, 0.3) is 0 Å². The summed E-state index contributed by atoms with van der Waals surface area (Å²) < 4.78 is 12.2. The number of aromatic nitrogens is 5. The molecule has 4 aromatic rings. The summed E-state index contributed by atoms with van der Waals surface area (Å²) in [7, 11) is 3.16. The number of hydrogen-bond donors (Lipinski definition) is 2. The third-order valence-corrected chi connectivity index (χ3v) is 3.96. The second kappa shape index (κ2) is 6.79. The number of anilines is 2. The van der Waals surface area contributed by atoms with Crippen molar-refractivity contribution in [2.24, 2.45) is 0 Å². The first-order chi connectivity index (χ1) is 13.2. The van der Waals surface area contributed by atoms with Gasteiger partial charge in [-0.1, -0.05) is 0 Å². The van der Waals surface area contributed by atoms with Crippen LogP contribution in [-0.2, 0) is 0 Å². The van der Waals surface area contributed by atoms with Crippen LogP contribution < -0.4 is 14.8 Å². The van der Waals surface area contributed by atoms with Crippen LogP contribution in [0, 0.1) is 0 Å². The molecule has 0 saturated carbocycles. The van der Waals surface area contributed by atoms with Crippen molar-refractivity contribution in [2.45, 2.75) is 0 Å². The molecule has 0 radical (unpaired) electrons. The molecule has 0 fully saturated rings. The molecule has 136 valence electrons. The topological polar surface area (TPSA) is 107 Å². The number of methoxy groups -OCH3 is 2. The first-order valence-electron chi connectivity index (χ1n) is 8.04. The monoisotopic (exact) mass is 364 g/mol. The minimum atomic E-state index is 0.00378. The first kappa shape index (κ1) is 16.6. The van der Waals surface area contributed by atoms with Crippen molar-refractivity contribution in [3.8, 4) is 28.5 Å². The SMILES string of the molecule is COc1ccc(-c2cc3ncnn3c(Nc3ncccc3O)n2)cc1OC. The van der Waals surface area contributed by atoms with Crippen molar-refractivity contribution < 1.29 is 14.6 Å². The standard InChI is InChI=1S/C18H16N6O3/c1-26-14-6-5-11(8-15(14)27-2)12-9-16-20-10-21-24(16)18(22-12)23-17-13(25)4-3-7-19-17/h3-10,25H,1-2H3,(H,19,22,23). The molecule has 27 heavy (non-hydrogen) atoms. The molecule has 4 rings (SSSR count). The molecule has 3 heterocycles. The maximum atomic E-state index is 9.98. The summed E-state index contributed by atoms with van der Waals surface area (Å²) in [6.45, 7) is 0. The third kappa shape index (κ3) is 3.06. The molecule has 0 aliphatic rings.